The van der Waals surface area contributed by atoms with Gasteiger partial charge in [0.05, 0.1) is 6.10 Å². The second kappa shape index (κ2) is 3.31. The summed E-state index contributed by atoms with van der Waals surface area (Å²) in [4.78, 5) is 0. The molecule has 1 fully saturated rings. The molecular weight excluding hydrogens is 247 g/mol. The fourth-order valence-electron chi connectivity index (χ4n) is 2.12. The minimum Gasteiger partial charge on any atom is -0.393 e. The van der Waals surface area contributed by atoms with Crippen molar-refractivity contribution in [1.82, 2.24) is 0 Å². The standard InChI is InChI=1S/C11H12BrFO/c1-11(5-10(14)6-11)7-2-8(12)4-9(13)3-7/h2-4,10,14H,5-6H2,1H3. The molecule has 1 aromatic carbocycles. The predicted octanol–water partition coefficient (Wildman–Crippen LogP) is 3.00. The summed E-state index contributed by atoms with van der Waals surface area (Å²) >= 11 is 3.27. The van der Waals surface area contributed by atoms with Crippen molar-refractivity contribution in [3.8, 4) is 0 Å². The predicted molar refractivity (Wildman–Crippen MR) is 56.7 cm³/mol. The zero-order valence-electron chi connectivity index (χ0n) is 7.93. The fraction of sp³-hybridized carbons (Fsp3) is 0.455. The first-order valence-corrected chi connectivity index (χ1v) is 5.43. The molecule has 0 aliphatic heterocycles. The molecule has 0 bridgehead atoms. The molecule has 3 heteroatoms. The highest BCUT2D eigenvalue weighted by Gasteiger charge is 2.40. The van der Waals surface area contributed by atoms with Gasteiger partial charge in [0.25, 0.3) is 0 Å². The normalized spacial score (nSPS) is 31.3. The highest BCUT2D eigenvalue weighted by atomic mass is 79.9. The molecule has 1 aliphatic rings. The Balaban J connectivity index is 2.32. The lowest BCUT2D eigenvalue weighted by molar-refractivity contribution is 0.0271. The highest BCUT2D eigenvalue weighted by Crippen LogP contribution is 2.44. The van der Waals surface area contributed by atoms with Crippen LogP contribution in [0.15, 0.2) is 22.7 Å². The van der Waals surface area contributed by atoms with Gasteiger partial charge in [-0.3, -0.25) is 0 Å². The molecule has 76 valence electrons. The summed E-state index contributed by atoms with van der Waals surface area (Å²) in [6.45, 7) is 2.06. The van der Waals surface area contributed by atoms with Gasteiger partial charge >= 0.3 is 0 Å². The molecule has 0 heterocycles. The largest absolute Gasteiger partial charge is 0.393 e. The van der Waals surface area contributed by atoms with E-state index in [9.17, 15) is 9.50 Å². The molecule has 0 unspecified atom stereocenters. The van der Waals surface area contributed by atoms with Crippen molar-refractivity contribution in [3.63, 3.8) is 0 Å². The van der Waals surface area contributed by atoms with Crippen LogP contribution in [0.4, 0.5) is 4.39 Å². The molecule has 1 N–H and O–H groups in total. The van der Waals surface area contributed by atoms with Crippen molar-refractivity contribution in [2.24, 2.45) is 0 Å². The van der Waals surface area contributed by atoms with Crippen LogP contribution in [-0.4, -0.2) is 11.2 Å². The minimum absolute atomic E-state index is 0.0516. The van der Waals surface area contributed by atoms with Crippen LogP contribution < -0.4 is 0 Å². The van der Waals surface area contributed by atoms with Gasteiger partial charge in [-0.1, -0.05) is 22.9 Å². The Morgan fingerprint density at radius 2 is 2.07 bits per heavy atom. The first-order chi connectivity index (χ1) is 6.49. The second-order valence-corrected chi connectivity index (χ2v) is 5.20. The van der Waals surface area contributed by atoms with Gasteiger partial charge in [-0.15, -0.1) is 0 Å². The third-order valence-electron chi connectivity index (χ3n) is 2.93. The molecule has 14 heavy (non-hydrogen) atoms. The molecule has 0 radical (unpaired) electrons. The van der Waals surface area contributed by atoms with E-state index in [1.807, 2.05) is 6.07 Å². The smallest absolute Gasteiger partial charge is 0.124 e. The van der Waals surface area contributed by atoms with Crippen LogP contribution in [0.5, 0.6) is 0 Å². The maximum absolute atomic E-state index is 13.1. The summed E-state index contributed by atoms with van der Waals surface area (Å²) in [5.41, 5.74) is 0.916. The Morgan fingerprint density at radius 1 is 1.43 bits per heavy atom. The number of halogens is 2. The topological polar surface area (TPSA) is 20.2 Å². The van der Waals surface area contributed by atoms with Crippen LogP contribution in [-0.2, 0) is 5.41 Å². The number of hydrogen-bond donors (Lipinski definition) is 1. The van der Waals surface area contributed by atoms with Gasteiger partial charge < -0.3 is 5.11 Å². The van der Waals surface area contributed by atoms with E-state index < -0.39 is 0 Å². The fourth-order valence-corrected chi connectivity index (χ4v) is 2.58. The lowest BCUT2D eigenvalue weighted by atomic mass is 9.64. The van der Waals surface area contributed by atoms with E-state index >= 15 is 0 Å². The molecule has 0 spiro atoms. The van der Waals surface area contributed by atoms with Gasteiger partial charge in [-0.25, -0.2) is 4.39 Å². The Hall–Kier alpha value is -0.410. The molecule has 2 rings (SSSR count). The van der Waals surface area contributed by atoms with Gasteiger partial charge in [0, 0.05) is 4.47 Å². The number of benzene rings is 1. The number of aliphatic hydroxyl groups excluding tert-OH is 1. The van der Waals surface area contributed by atoms with E-state index in [-0.39, 0.29) is 17.3 Å². The van der Waals surface area contributed by atoms with Crippen molar-refractivity contribution < 1.29 is 9.50 Å². The van der Waals surface area contributed by atoms with Crippen LogP contribution >= 0.6 is 15.9 Å². The lowest BCUT2D eigenvalue weighted by Crippen LogP contribution is -2.42. The van der Waals surface area contributed by atoms with E-state index in [1.54, 1.807) is 6.07 Å². The van der Waals surface area contributed by atoms with Gasteiger partial charge in [0.2, 0.25) is 0 Å². The molecule has 1 nitrogen and oxygen atoms in total. The summed E-state index contributed by atoms with van der Waals surface area (Å²) in [5, 5.41) is 9.28. The average Bonchev–Trinajstić information content (AvgIpc) is 1.99. The Labute approximate surface area is 91.1 Å². The molecular formula is C11H12BrFO. The van der Waals surface area contributed by atoms with E-state index in [1.165, 1.54) is 6.07 Å². The van der Waals surface area contributed by atoms with Crippen LogP contribution in [0.3, 0.4) is 0 Å². The quantitative estimate of drug-likeness (QED) is 0.822. The van der Waals surface area contributed by atoms with Crippen molar-refractivity contribution in [1.29, 1.82) is 0 Å². The maximum atomic E-state index is 13.1. The van der Waals surface area contributed by atoms with Gasteiger partial charge in [-0.05, 0) is 42.0 Å². The Bertz CT molecular complexity index is 338. The van der Waals surface area contributed by atoms with Crippen LogP contribution in [0.2, 0.25) is 0 Å². The van der Waals surface area contributed by atoms with Crippen LogP contribution in [0.25, 0.3) is 0 Å². The number of hydrogen-bond acceptors (Lipinski definition) is 1. The SMILES string of the molecule is CC1(c2cc(F)cc(Br)c2)CC(O)C1. The zero-order valence-corrected chi connectivity index (χ0v) is 9.51. The molecule has 1 aliphatic carbocycles. The van der Waals surface area contributed by atoms with E-state index in [2.05, 4.69) is 22.9 Å². The number of rotatable bonds is 1. The lowest BCUT2D eigenvalue weighted by Gasteiger charge is -2.43. The minimum atomic E-state index is -0.225. The van der Waals surface area contributed by atoms with E-state index in [0.717, 1.165) is 22.9 Å². The first-order valence-electron chi connectivity index (χ1n) is 4.64. The van der Waals surface area contributed by atoms with Crippen molar-refractivity contribution in [3.05, 3.63) is 34.1 Å². The Kier molecular flexibility index (Phi) is 2.40. The molecule has 1 aromatic rings. The van der Waals surface area contributed by atoms with Gasteiger partial charge in [0.15, 0.2) is 0 Å². The highest BCUT2D eigenvalue weighted by molar-refractivity contribution is 9.10. The summed E-state index contributed by atoms with van der Waals surface area (Å²) in [6.07, 6.45) is 1.23. The van der Waals surface area contributed by atoms with Gasteiger partial charge in [0.1, 0.15) is 5.82 Å². The molecule has 0 atom stereocenters. The second-order valence-electron chi connectivity index (χ2n) is 4.28. The average molecular weight is 259 g/mol. The summed E-state index contributed by atoms with van der Waals surface area (Å²) < 4.78 is 13.9. The molecule has 0 saturated heterocycles. The maximum Gasteiger partial charge on any atom is 0.124 e. The van der Waals surface area contributed by atoms with Crippen molar-refractivity contribution in [2.45, 2.75) is 31.3 Å². The third kappa shape index (κ3) is 1.71. The van der Waals surface area contributed by atoms with Crippen LogP contribution in [0.1, 0.15) is 25.3 Å². The zero-order chi connectivity index (χ0) is 10.3. The monoisotopic (exact) mass is 258 g/mol. The van der Waals surface area contributed by atoms with E-state index in [0.29, 0.717) is 0 Å². The third-order valence-corrected chi connectivity index (χ3v) is 3.39. The Morgan fingerprint density at radius 3 is 2.57 bits per heavy atom. The van der Waals surface area contributed by atoms with Crippen LogP contribution in [0, 0.1) is 5.82 Å². The molecule has 1 saturated carbocycles. The molecule has 0 amide bonds. The van der Waals surface area contributed by atoms with E-state index in [4.69, 9.17) is 0 Å². The van der Waals surface area contributed by atoms with Gasteiger partial charge in [-0.2, -0.15) is 0 Å². The summed E-state index contributed by atoms with van der Waals surface area (Å²) in [6, 6.07) is 4.92. The molecule has 0 aromatic heterocycles. The number of aliphatic hydroxyl groups is 1. The van der Waals surface area contributed by atoms with Crippen molar-refractivity contribution in [2.75, 3.05) is 0 Å². The summed E-state index contributed by atoms with van der Waals surface area (Å²) in [7, 11) is 0. The first kappa shape index (κ1) is 10.1. The van der Waals surface area contributed by atoms with Crippen molar-refractivity contribution >= 4 is 15.9 Å². The summed E-state index contributed by atoms with van der Waals surface area (Å²) in [5.74, 6) is -0.225.